The van der Waals surface area contributed by atoms with Gasteiger partial charge in [-0.3, -0.25) is 9.59 Å². The first-order valence-corrected chi connectivity index (χ1v) is 12.5. The number of para-hydroxylation sites is 2. The van der Waals surface area contributed by atoms with Gasteiger partial charge in [-0.25, -0.2) is 4.98 Å². The number of fused-ring (bicyclic) bond motifs is 1. The van der Waals surface area contributed by atoms with Crippen LogP contribution in [0.3, 0.4) is 0 Å². The van der Waals surface area contributed by atoms with E-state index in [1.54, 1.807) is 0 Å². The second kappa shape index (κ2) is 8.53. The van der Waals surface area contributed by atoms with Crippen molar-refractivity contribution in [2.75, 3.05) is 6.54 Å². The number of nitrogens with one attached hydrogen (secondary N) is 3. The molecule has 1 aromatic carbocycles. The Morgan fingerprint density at radius 1 is 1.12 bits per heavy atom. The zero-order valence-corrected chi connectivity index (χ0v) is 19.3. The van der Waals surface area contributed by atoms with Crippen LogP contribution in [0.2, 0.25) is 0 Å². The van der Waals surface area contributed by atoms with Gasteiger partial charge in [0.1, 0.15) is 5.82 Å². The number of imidazole rings is 1. The van der Waals surface area contributed by atoms with Crippen molar-refractivity contribution in [1.82, 2.24) is 20.6 Å². The molecule has 2 amide bonds. The third-order valence-electron chi connectivity index (χ3n) is 8.39. The van der Waals surface area contributed by atoms with Crippen LogP contribution in [-0.4, -0.2) is 28.3 Å². The van der Waals surface area contributed by atoms with Crippen LogP contribution in [0.5, 0.6) is 0 Å². The summed E-state index contributed by atoms with van der Waals surface area (Å²) in [6, 6.07) is 7.76. The number of H-pyrrole nitrogens is 1. The number of hydrogen-bond donors (Lipinski definition) is 3. The van der Waals surface area contributed by atoms with Crippen molar-refractivity contribution in [2.24, 2.45) is 29.1 Å². The molecule has 0 unspecified atom stereocenters. The highest BCUT2D eigenvalue weighted by Gasteiger charge is 2.54. The molecule has 4 aliphatic rings. The van der Waals surface area contributed by atoms with Gasteiger partial charge < -0.3 is 15.6 Å². The highest BCUT2D eigenvalue weighted by atomic mass is 16.2. The molecule has 6 nitrogen and oxygen atoms in total. The lowest BCUT2D eigenvalue weighted by Crippen LogP contribution is -2.53. The van der Waals surface area contributed by atoms with Gasteiger partial charge in [0.05, 0.1) is 17.1 Å². The van der Waals surface area contributed by atoms with E-state index in [2.05, 4.69) is 29.5 Å². The van der Waals surface area contributed by atoms with Crippen molar-refractivity contribution in [1.29, 1.82) is 0 Å². The van der Waals surface area contributed by atoms with E-state index in [1.165, 1.54) is 19.3 Å². The summed E-state index contributed by atoms with van der Waals surface area (Å²) in [4.78, 5) is 34.0. The van der Waals surface area contributed by atoms with Gasteiger partial charge >= 0.3 is 0 Å². The first kappa shape index (κ1) is 21.5. The van der Waals surface area contributed by atoms with Crippen LogP contribution in [0, 0.1) is 29.1 Å². The number of nitrogens with zero attached hydrogens (tertiary/aromatic N) is 1. The second-order valence-electron chi connectivity index (χ2n) is 10.8. The Bertz CT molecular complexity index is 928. The molecule has 6 rings (SSSR count). The summed E-state index contributed by atoms with van der Waals surface area (Å²) in [5, 5.41) is 6.30. The van der Waals surface area contributed by atoms with Gasteiger partial charge in [-0.2, -0.15) is 0 Å². The Hall–Kier alpha value is -2.37. The second-order valence-corrected chi connectivity index (χ2v) is 10.8. The van der Waals surface area contributed by atoms with Crippen molar-refractivity contribution in [3.63, 3.8) is 0 Å². The number of aromatic amines is 1. The van der Waals surface area contributed by atoms with E-state index < -0.39 is 0 Å². The van der Waals surface area contributed by atoms with E-state index in [4.69, 9.17) is 4.98 Å². The van der Waals surface area contributed by atoms with Gasteiger partial charge in [-0.05, 0) is 74.3 Å². The maximum Gasteiger partial charge on any atom is 0.226 e. The van der Waals surface area contributed by atoms with Crippen molar-refractivity contribution in [3.05, 3.63) is 30.1 Å². The summed E-state index contributed by atoms with van der Waals surface area (Å²) in [5.74, 6) is 3.44. The molecule has 2 atom stereocenters. The van der Waals surface area contributed by atoms with E-state index in [1.807, 2.05) is 24.3 Å². The largest absolute Gasteiger partial charge is 0.355 e. The number of rotatable bonds is 8. The van der Waals surface area contributed by atoms with Crippen LogP contribution in [0.4, 0.5) is 0 Å². The molecule has 4 bridgehead atoms. The Labute approximate surface area is 190 Å². The van der Waals surface area contributed by atoms with Crippen molar-refractivity contribution < 1.29 is 9.59 Å². The maximum atomic E-state index is 13.1. The minimum atomic E-state index is -0.168. The van der Waals surface area contributed by atoms with Crippen LogP contribution in [0.15, 0.2) is 24.3 Å². The fraction of sp³-hybridized carbons (Fsp3) is 0.654. The number of hydrogen-bond acceptors (Lipinski definition) is 3. The molecule has 1 aromatic heterocycles. The molecule has 0 saturated heterocycles. The fourth-order valence-electron chi connectivity index (χ4n) is 6.95. The van der Waals surface area contributed by atoms with Crippen LogP contribution in [0.1, 0.15) is 77.1 Å². The van der Waals surface area contributed by atoms with Gasteiger partial charge in [0, 0.05) is 18.4 Å². The van der Waals surface area contributed by atoms with E-state index in [0.717, 1.165) is 60.3 Å². The standard InChI is InChI=1S/C26H36N4O2/c1-3-16(2)23(24-28-20-6-4-5-7-21(20)29-24)30-22(31)8-9-27-25(32)26-13-17-10-18(14-26)12-19(11-17)15-26/h4-7,16-19,23H,3,8-15H2,1-2H3,(H,27,32)(H,28,29)(H,30,31)/t16-,17?,18?,19?,23+,26?/m1/s1. The van der Waals surface area contributed by atoms with E-state index in [0.29, 0.717) is 13.0 Å². The van der Waals surface area contributed by atoms with Crippen molar-refractivity contribution in [3.8, 4) is 0 Å². The molecule has 1 heterocycles. The molecule has 172 valence electrons. The number of amides is 2. The zero-order valence-electron chi connectivity index (χ0n) is 19.3. The predicted octanol–water partition coefficient (Wildman–Crippen LogP) is 4.49. The third-order valence-corrected chi connectivity index (χ3v) is 8.39. The quantitative estimate of drug-likeness (QED) is 0.570. The summed E-state index contributed by atoms with van der Waals surface area (Å²) < 4.78 is 0. The molecule has 0 radical (unpaired) electrons. The first-order chi connectivity index (χ1) is 15.5. The van der Waals surface area contributed by atoms with Crippen molar-refractivity contribution in [2.45, 2.75) is 71.3 Å². The normalized spacial score (nSPS) is 30.2. The lowest BCUT2D eigenvalue weighted by molar-refractivity contribution is -0.146. The van der Waals surface area contributed by atoms with Gasteiger partial charge in [-0.1, -0.05) is 32.4 Å². The van der Waals surface area contributed by atoms with Gasteiger partial charge in [0.15, 0.2) is 0 Å². The molecule has 4 saturated carbocycles. The monoisotopic (exact) mass is 436 g/mol. The highest BCUT2D eigenvalue weighted by Crippen LogP contribution is 2.60. The average Bonchev–Trinajstić information content (AvgIpc) is 3.20. The molecular weight excluding hydrogens is 400 g/mol. The minimum Gasteiger partial charge on any atom is -0.355 e. The van der Waals surface area contributed by atoms with Crippen LogP contribution in [-0.2, 0) is 9.59 Å². The lowest BCUT2D eigenvalue weighted by atomic mass is 9.49. The highest BCUT2D eigenvalue weighted by molar-refractivity contribution is 5.84. The number of carbonyl (C=O) groups excluding carboxylic acids is 2. The molecule has 32 heavy (non-hydrogen) atoms. The third kappa shape index (κ3) is 4.04. The lowest BCUT2D eigenvalue weighted by Gasteiger charge is -2.55. The number of aromatic nitrogens is 2. The summed E-state index contributed by atoms with van der Waals surface area (Å²) in [6.45, 7) is 4.66. The molecule has 4 fully saturated rings. The van der Waals surface area contributed by atoms with E-state index >= 15 is 0 Å². The summed E-state index contributed by atoms with van der Waals surface area (Å²) >= 11 is 0. The summed E-state index contributed by atoms with van der Waals surface area (Å²) in [5.41, 5.74) is 1.74. The Kier molecular flexibility index (Phi) is 5.72. The topological polar surface area (TPSA) is 86.9 Å². The zero-order chi connectivity index (χ0) is 22.3. The summed E-state index contributed by atoms with van der Waals surface area (Å²) in [6.07, 6.45) is 8.38. The smallest absolute Gasteiger partial charge is 0.226 e. The molecule has 4 aliphatic carbocycles. The molecule has 0 aliphatic heterocycles. The van der Waals surface area contributed by atoms with E-state index in [-0.39, 0.29) is 29.2 Å². The predicted molar refractivity (Wildman–Crippen MR) is 125 cm³/mol. The Balaban J connectivity index is 1.17. The molecular formula is C26H36N4O2. The van der Waals surface area contributed by atoms with Crippen molar-refractivity contribution >= 4 is 22.8 Å². The minimum absolute atomic E-state index is 0.0402. The Morgan fingerprint density at radius 2 is 1.78 bits per heavy atom. The maximum absolute atomic E-state index is 13.1. The van der Waals surface area contributed by atoms with Gasteiger partial charge in [0.2, 0.25) is 11.8 Å². The molecule has 6 heteroatoms. The fourth-order valence-corrected chi connectivity index (χ4v) is 6.95. The van der Waals surface area contributed by atoms with E-state index in [9.17, 15) is 9.59 Å². The average molecular weight is 437 g/mol. The molecule has 2 aromatic rings. The SMILES string of the molecule is CC[C@@H](C)[C@H](NC(=O)CCNC(=O)C12CC3CC(CC(C3)C1)C2)c1nc2ccccc2[nH]1. The van der Waals surface area contributed by atoms with Gasteiger partial charge in [-0.15, -0.1) is 0 Å². The van der Waals surface area contributed by atoms with Crippen LogP contribution >= 0.6 is 0 Å². The first-order valence-electron chi connectivity index (χ1n) is 12.5. The number of carbonyl (C=O) groups is 2. The molecule has 3 N–H and O–H groups in total. The van der Waals surface area contributed by atoms with Crippen LogP contribution < -0.4 is 10.6 Å². The van der Waals surface area contributed by atoms with Crippen LogP contribution in [0.25, 0.3) is 11.0 Å². The summed E-state index contributed by atoms with van der Waals surface area (Å²) in [7, 11) is 0. The van der Waals surface area contributed by atoms with Gasteiger partial charge in [0.25, 0.3) is 0 Å². The Morgan fingerprint density at radius 3 is 2.41 bits per heavy atom. The number of benzene rings is 1. The molecule has 0 spiro atoms.